The number of nitrogens with one attached hydrogen (secondary N) is 1. The summed E-state index contributed by atoms with van der Waals surface area (Å²) in [6, 6.07) is 13.4. The lowest BCUT2D eigenvalue weighted by Gasteiger charge is -2.07. The van der Waals surface area contributed by atoms with Crippen molar-refractivity contribution in [2.75, 3.05) is 5.32 Å². The van der Waals surface area contributed by atoms with Crippen LogP contribution in [0.15, 0.2) is 53.0 Å². The molecule has 0 fully saturated rings. The molecule has 0 heterocycles. The largest absolute Gasteiger partial charge is 0.478 e. The van der Waals surface area contributed by atoms with Gasteiger partial charge in [-0.25, -0.2) is 4.79 Å². The second-order valence-electron chi connectivity index (χ2n) is 3.82. The van der Waals surface area contributed by atoms with Crippen LogP contribution < -0.4 is 5.32 Å². The van der Waals surface area contributed by atoms with E-state index in [-0.39, 0.29) is 11.5 Å². The lowest BCUT2D eigenvalue weighted by molar-refractivity contribution is 0.0695. The first-order chi connectivity index (χ1) is 9.08. The molecule has 0 radical (unpaired) electrons. The summed E-state index contributed by atoms with van der Waals surface area (Å²) in [5.74, 6) is -1.33. The molecule has 4 nitrogen and oxygen atoms in total. The van der Waals surface area contributed by atoms with Gasteiger partial charge in [-0.1, -0.05) is 18.2 Å². The van der Waals surface area contributed by atoms with Gasteiger partial charge < -0.3 is 10.4 Å². The number of benzene rings is 2. The molecule has 2 N–H and O–H groups in total. The number of carboxylic acid groups (broad SMARTS) is 1. The minimum Gasteiger partial charge on any atom is -0.478 e. The molecule has 0 aliphatic carbocycles. The van der Waals surface area contributed by atoms with Gasteiger partial charge in [0.25, 0.3) is 5.91 Å². The van der Waals surface area contributed by atoms with Crippen LogP contribution in [0, 0.1) is 0 Å². The van der Waals surface area contributed by atoms with Gasteiger partial charge in [0.1, 0.15) is 0 Å². The Morgan fingerprint density at radius 2 is 1.74 bits per heavy atom. The number of hydrogen-bond donors (Lipinski definition) is 2. The van der Waals surface area contributed by atoms with Crippen LogP contribution in [0.1, 0.15) is 20.7 Å². The molecular formula is C14H10BrNO3. The van der Waals surface area contributed by atoms with Crippen molar-refractivity contribution in [1.29, 1.82) is 0 Å². The van der Waals surface area contributed by atoms with Gasteiger partial charge in [0.2, 0.25) is 0 Å². The highest BCUT2D eigenvalue weighted by molar-refractivity contribution is 9.10. The van der Waals surface area contributed by atoms with Crippen LogP contribution in [0.25, 0.3) is 0 Å². The highest BCUT2D eigenvalue weighted by Crippen LogP contribution is 2.21. The summed E-state index contributed by atoms with van der Waals surface area (Å²) < 4.78 is 0.470. The molecule has 0 aliphatic rings. The quantitative estimate of drug-likeness (QED) is 0.911. The normalized spacial score (nSPS) is 9.95. The van der Waals surface area contributed by atoms with E-state index in [0.29, 0.717) is 15.7 Å². The molecule has 2 aromatic rings. The molecule has 0 spiro atoms. The van der Waals surface area contributed by atoms with E-state index in [1.165, 1.54) is 6.07 Å². The van der Waals surface area contributed by atoms with Gasteiger partial charge in [0, 0.05) is 15.7 Å². The van der Waals surface area contributed by atoms with Gasteiger partial charge in [0.05, 0.1) is 5.56 Å². The Hall–Kier alpha value is -2.14. The zero-order valence-electron chi connectivity index (χ0n) is 9.76. The summed E-state index contributed by atoms with van der Waals surface area (Å²) in [6.45, 7) is 0. The monoisotopic (exact) mass is 319 g/mol. The summed E-state index contributed by atoms with van der Waals surface area (Å²) in [4.78, 5) is 22.9. The highest BCUT2D eigenvalue weighted by atomic mass is 79.9. The fourth-order valence-electron chi connectivity index (χ4n) is 1.56. The number of carboxylic acids is 1. The first kappa shape index (κ1) is 13.3. The number of halogens is 1. The fourth-order valence-corrected chi connectivity index (χ4v) is 1.98. The van der Waals surface area contributed by atoms with E-state index in [1.807, 2.05) is 6.07 Å². The molecule has 0 saturated carbocycles. The second kappa shape index (κ2) is 5.67. The van der Waals surface area contributed by atoms with Crippen molar-refractivity contribution in [3.8, 4) is 0 Å². The molecule has 0 saturated heterocycles. The second-order valence-corrected chi connectivity index (χ2v) is 4.67. The van der Waals surface area contributed by atoms with Crippen molar-refractivity contribution >= 4 is 33.5 Å². The Kier molecular flexibility index (Phi) is 3.97. The van der Waals surface area contributed by atoms with E-state index >= 15 is 0 Å². The maximum absolute atomic E-state index is 11.9. The summed E-state index contributed by atoms with van der Waals surface area (Å²) in [5.41, 5.74) is 1.06. The van der Waals surface area contributed by atoms with Crippen LogP contribution in [0.5, 0.6) is 0 Å². The molecule has 19 heavy (non-hydrogen) atoms. The van der Waals surface area contributed by atoms with Crippen LogP contribution in [-0.2, 0) is 0 Å². The van der Waals surface area contributed by atoms with Gasteiger partial charge in [-0.15, -0.1) is 0 Å². The fraction of sp³-hybridized carbons (Fsp3) is 0. The molecule has 5 heteroatoms. The molecular weight excluding hydrogens is 310 g/mol. The van der Waals surface area contributed by atoms with Crippen molar-refractivity contribution in [3.05, 3.63) is 64.1 Å². The summed E-state index contributed by atoms with van der Waals surface area (Å²) in [7, 11) is 0. The zero-order valence-corrected chi connectivity index (χ0v) is 11.3. The third kappa shape index (κ3) is 3.20. The smallest absolute Gasteiger partial charge is 0.336 e. The van der Waals surface area contributed by atoms with E-state index in [2.05, 4.69) is 21.2 Å². The number of aromatic carboxylic acids is 1. The number of anilines is 1. The van der Waals surface area contributed by atoms with Gasteiger partial charge in [-0.2, -0.15) is 0 Å². The van der Waals surface area contributed by atoms with Gasteiger partial charge >= 0.3 is 5.97 Å². The molecule has 0 atom stereocenters. The Morgan fingerprint density at radius 1 is 1.05 bits per heavy atom. The number of hydrogen-bond acceptors (Lipinski definition) is 2. The Labute approximate surface area is 118 Å². The number of amides is 1. The number of rotatable bonds is 3. The maximum atomic E-state index is 11.9. The lowest BCUT2D eigenvalue weighted by atomic mass is 10.2. The summed E-state index contributed by atoms with van der Waals surface area (Å²) in [5, 5.41) is 11.7. The topological polar surface area (TPSA) is 66.4 Å². The molecule has 0 aromatic heterocycles. The Morgan fingerprint density at radius 3 is 2.37 bits per heavy atom. The minimum absolute atomic E-state index is 0.103. The van der Waals surface area contributed by atoms with Gasteiger partial charge in [-0.05, 0) is 46.3 Å². The van der Waals surface area contributed by atoms with E-state index in [4.69, 9.17) is 5.11 Å². The predicted octanol–water partition coefficient (Wildman–Crippen LogP) is 3.40. The average molecular weight is 320 g/mol. The Bertz CT molecular complexity index is 626. The predicted molar refractivity (Wildman–Crippen MR) is 75.5 cm³/mol. The lowest BCUT2D eigenvalue weighted by Crippen LogP contribution is -2.12. The van der Waals surface area contributed by atoms with Crippen molar-refractivity contribution < 1.29 is 14.7 Å². The number of carbonyl (C=O) groups excluding carboxylic acids is 1. The molecule has 1 amide bonds. The van der Waals surface area contributed by atoms with Crippen LogP contribution in [0.2, 0.25) is 0 Å². The van der Waals surface area contributed by atoms with Crippen LogP contribution in [0.3, 0.4) is 0 Å². The van der Waals surface area contributed by atoms with E-state index in [1.54, 1.807) is 36.4 Å². The third-order valence-electron chi connectivity index (χ3n) is 2.49. The first-order valence-electron chi connectivity index (χ1n) is 5.47. The van der Waals surface area contributed by atoms with Gasteiger partial charge in [0.15, 0.2) is 0 Å². The van der Waals surface area contributed by atoms with Gasteiger partial charge in [-0.3, -0.25) is 4.79 Å². The minimum atomic E-state index is -1.05. The standard InChI is InChI=1S/C14H10BrNO3/c15-12-7-6-10(8-11(12)14(18)19)16-13(17)9-4-2-1-3-5-9/h1-8H,(H,16,17)(H,18,19). The first-order valence-corrected chi connectivity index (χ1v) is 6.26. The summed E-state index contributed by atoms with van der Waals surface area (Å²) in [6.07, 6.45) is 0. The molecule has 2 rings (SSSR count). The number of carbonyl (C=O) groups is 2. The van der Waals surface area contributed by atoms with Crippen LogP contribution in [0.4, 0.5) is 5.69 Å². The zero-order chi connectivity index (χ0) is 13.8. The van der Waals surface area contributed by atoms with E-state index in [0.717, 1.165) is 0 Å². The van der Waals surface area contributed by atoms with Crippen molar-refractivity contribution in [2.24, 2.45) is 0 Å². The highest BCUT2D eigenvalue weighted by Gasteiger charge is 2.11. The van der Waals surface area contributed by atoms with E-state index < -0.39 is 5.97 Å². The summed E-state index contributed by atoms with van der Waals surface area (Å²) >= 11 is 3.15. The average Bonchev–Trinajstić information content (AvgIpc) is 2.41. The van der Waals surface area contributed by atoms with E-state index in [9.17, 15) is 9.59 Å². The SMILES string of the molecule is O=C(Nc1ccc(Br)c(C(=O)O)c1)c1ccccc1. The molecule has 0 bridgehead atoms. The van der Waals surface area contributed by atoms with Crippen LogP contribution >= 0.6 is 15.9 Å². The third-order valence-corrected chi connectivity index (χ3v) is 3.18. The van der Waals surface area contributed by atoms with Crippen molar-refractivity contribution in [1.82, 2.24) is 0 Å². The molecule has 2 aromatic carbocycles. The van der Waals surface area contributed by atoms with Crippen LogP contribution in [-0.4, -0.2) is 17.0 Å². The van der Waals surface area contributed by atoms with Crippen molar-refractivity contribution in [2.45, 2.75) is 0 Å². The molecule has 96 valence electrons. The Balaban J connectivity index is 2.23. The van der Waals surface area contributed by atoms with Crippen molar-refractivity contribution in [3.63, 3.8) is 0 Å². The molecule has 0 aliphatic heterocycles. The molecule has 0 unspecified atom stereocenters. The maximum Gasteiger partial charge on any atom is 0.336 e.